The van der Waals surface area contributed by atoms with Gasteiger partial charge in [0.05, 0.1) is 14.2 Å². The molecule has 0 bridgehead atoms. The summed E-state index contributed by atoms with van der Waals surface area (Å²) in [6, 6.07) is 15.9. The third-order valence-electron chi connectivity index (χ3n) is 10.7. The smallest absolute Gasteiger partial charge is 0.311 e. The zero-order valence-corrected chi connectivity index (χ0v) is 28.6. The average molecular weight is 649 g/mol. The molecule has 0 unspecified atom stereocenters. The van der Waals surface area contributed by atoms with E-state index in [4.69, 9.17) is 9.47 Å². The first-order chi connectivity index (χ1) is 22.6. The fourth-order valence-corrected chi connectivity index (χ4v) is 7.61. The average Bonchev–Trinajstić information content (AvgIpc) is 3.09. The Balaban J connectivity index is 1.18. The zero-order chi connectivity index (χ0) is 33.8. The van der Waals surface area contributed by atoms with Gasteiger partial charge in [0.1, 0.15) is 11.5 Å². The minimum absolute atomic E-state index is 0.187. The summed E-state index contributed by atoms with van der Waals surface area (Å²) < 4.78 is 20.1. The van der Waals surface area contributed by atoms with Crippen molar-refractivity contribution in [2.75, 3.05) is 14.2 Å². The van der Waals surface area contributed by atoms with Crippen molar-refractivity contribution < 1.29 is 38.1 Å². The fourth-order valence-electron chi connectivity index (χ4n) is 7.61. The molecule has 256 valence electrons. The summed E-state index contributed by atoms with van der Waals surface area (Å²) in [5.74, 6) is 2.29. The molecule has 8 heteroatoms. The molecule has 2 aromatic carbocycles. The van der Waals surface area contributed by atoms with E-state index in [-0.39, 0.29) is 49.6 Å². The molecule has 0 amide bonds. The van der Waals surface area contributed by atoms with Gasteiger partial charge < -0.3 is 18.9 Å². The molecule has 2 fully saturated rings. The second-order valence-corrected chi connectivity index (χ2v) is 13.9. The lowest BCUT2D eigenvalue weighted by Gasteiger charge is -2.47. The van der Waals surface area contributed by atoms with Gasteiger partial charge in [0.15, 0.2) is 0 Å². The Morgan fingerprint density at radius 1 is 0.532 bits per heavy atom. The van der Waals surface area contributed by atoms with Crippen molar-refractivity contribution in [1.82, 2.24) is 0 Å². The molecule has 0 saturated heterocycles. The molecule has 47 heavy (non-hydrogen) atoms. The van der Waals surface area contributed by atoms with Crippen LogP contribution in [0.3, 0.4) is 0 Å². The van der Waals surface area contributed by atoms with E-state index >= 15 is 0 Å². The van der Waals surface area contributed by atoms with Crippen molar-refractivity contribution >= 4 is 23.9 Å². The van der Waals surface area contributed by atoms with Crippen LogP contribution in [-0.2, 0) is 28.7 Å². The molecule has 4 rings (SSSR count). The molecule has 2 saturated carbocycles. The molecular formula is C39H52O8. The maximum atomic E-state index is 12.1. The van der Waals surface area contributed by atoms with Crippen molar-refractivity contribution in [1.29, 1.82) is 0 Å². The molecule has 2 aromatic rings. The van der Waals surface area contributed by atoms with Crippen molar-refractivity contribution in [2.24, 2.45) is 17.3 Å². The Morgan fingerprint density at radius 3 is 1.17 bits per heavy atom. The van der Waals surface area contributed by atoms with Gasteiger partial charge in [0, 0.05) is 25.7 Å². The molecule has 8 nitrogen and oxygen atoms in total. The molecular weight excluding hydrogens is 596 g/mol. The Kier molecular flexibility index (Phi) is 13.4. The minimum Gasteiger partial charge on any atom is -0.469 e. The zero-order valence-electron chi connectivity index (χ0n) is 28.6. The van der Waals surface area contributed by atoms with Gasteiger partial charge in [-0.1, -0.05) is 38.1 Å². The van der Waals surface area contributed by atoms with Gasteiger partial charge in [-0.05, 0) is 129 Å². The van der Waals surface area contributed by atoms with Crippen molar-refractivity contribution in [3.05, 3.63) is 59.7 Å². The summed E-state index contributed by atoms with van der Waals surface area (Å²) >= 11 is 0. The highest BCUT2D eigenvalue weighted by Crippen LogP contribution is 2.52. The Labute approximate surface area is 279 Å². The highest BCUT2D eigenvalue weighted by molar-refractivity contribution is 5.75. The van der Waals surface area contributed by atoms with Crippen LogP contribution in [-0.4, -0.2) is 38.1 Å². The Bertz CT molecular complexity index is 1210. The monoisotopic (exact) mass is 648 g/mol. The lowest BCUT2D eigenvalue weighted by molar-refractivity contribution is -0.142. The molecule has 0 heterocycles. The molecule has 0 N–H and O–H groups in total. The summed E-state index contributed by atoms with van der Waals surface area (Å²) in [4.78, 5) is 46.7. The maximum absolute atomic E-state index is 12.1. The summed E-state index contributed by atoms with van der Waals surface area (Å²) in [5.41, 5.74) is 2.92. The first-order valence-corrected chi connectivity index (χ1v) is 17.3. The lowest BCUT2D eigenvalue weighted by atomic mass is 9.58. The summed E-state index contributed by atoms with van der Waals surface area (Å²) in [6.45, 7) is 4.98. The van der Waals surface area contributed by atoms with Gasteiger partial charge in [-0.15, -0.1) is 0 Å². The number of carbonyl (C=O) groups is 4. The van der Waals surface area contributed by atoms with Crippen LogP contribution in [0.25, 0.3) is 0 Å². The highest BCUT2D eigenvalue weighted by atomic mass is 16.5. The summed E-state index contributed by atoms with van der Waals surface area (Å²) in [7, 11) is 2.69. The van der Waals surface area contributed by atoms with Crippen molar-refractivity contribution in [3.63, 3.8) is 0 Å². The topological polar surface area (TPSA) is 105 Å². The van der Waals surface area contributed by atoms with E-state index in [1.54, 1.807) is 0 Å². The number of esters is 4. The minimum atomic E-state index is -0.333. The standard InChI is InChI=1S/C39H52O8/c1-39(2,31-19-11-27(12-20-31)29-15-23-33(24-16-29)46-37(42)9-5-7-35(40)44-3)32-21-13-28(14-22-32)30-17-25-34(26-18-30)47-38(43)10-6-8-36(41)45-4/h15-18,23-28,31-32H,5-14,19-22H2,1-4H3. The second kappa shape index (κ2) is 17.5. The van der Waals surface area contributed by atoms with Crippen LogP contribution in [0.15, 0.2) is 48.5 Å². The molecule has 0 radical (unpaired) electrons. The highest BCUT2D eigenvalue weighted by Gasteiger charge is 2.40. The van der Waals surface area contributed by atoms with Crippen molar-refractivity contribution in [3.8, 4) is 11.5 Å². The van der Waals surface area contributed by atoms with E-state index < -0.39 is 0 Å². The first kappa shape index (κ1) is 36.2. The van der Waals surface area contributed by atoms with E-state index in [1.807, 2.05) is 24.3 Å². The number of hydrogen-bond donors (Lipinski definition) is 0. The van der Waals surface area contributed by atoms with Crippen LogP contribution in [0.5, 0.6) is 11.5 Å². The molecule has 0 aromatic heterocycles. The largest absolute Gasteiger partial charge is 0.469 e. The second-order valence-electron chi connectivity index (χ2n) is 13.9. The van der Waals surface area contributed by atoms with Crippen LogP contribution in [0.1, 0.15) is 127 Å². The number of rotatable bonds is 14. The van der Waals surface area contributed by atoms with Crippen molar-refractivity contribution in [2.45, 2.75) is 116 Å². The van der Waals surface area contributed by atoms with Gasteiger partial charge >= 0.3 is 23.9 Å². The molecule has 2 aliphatic rings. The van der Waals surface area contributed by atoms with Gasteiger partial charge in [0.25, 0.3) is 0 Å². The van der Waals surface area contributed by atoms with Gasteiger partial charge in [0.2, 0.25) is 0 Å². The van der Waals surface area contributed by atoms with Crippen LogP contribution in [0, 0.1) is 17.3 Å². The van der Waals surface area contributed by atoms with E-state index in [0.29, 0.717) is 53.4 Å². The van der Waals surface area contributed by atoms with E-state index in [1.165, 1.54) is 76.7 Å². The van der Waals surface area contributed by atoms with Gasteiger partial charge in [-0.25, -0.2) is 0 Å². The summed E-state index contributed by atoms with van der Waals surface area (Å²) in [6.07, 6.45) is 11.3. The number of benzene rings is 2. The molecule has 2 aliphatic carbocycles. The third-order valence-corrected chi connectivity index (χ3v) is 10.7. The van der Waals surface area contributed by atoms with Gasteiger partial charge in [-0.2, -0.15) is 0 Å². The van der Waals surface area contributed by atoms with Gasteiger partial charge in [-0.3, -0.25) is 19.2 Å². The van der Waals surface area contributed by atoms with Crippen LogP contribution in [0.2, 0.25) is 0 Å². The Hall–Kier alpha value is -3.68. The molecule has 0 atom stereocenters. The first-order valence-electron chi connectivity index (χ1n) is 17.3. The molecule has 0 spiro atoms. The summed E-state index contributed by atoms with van der Waals surface area (Å²) in [5, 5.41) is 0. The van der Waals surface area contributed by atoms with E-state index in [2.05, 4.69) is 47.6 Å². The fraction of sp³-hybridized carbons (Fsp3) is 0.590. The number of methoxy groups -OCH3 is 2. The molecule has 0 aliphatic heterocycles. The van der Waals surface area contributed by atoms with Crippen LogP contribution in [0.4, 0.5) is 0 Å². The number of ether oxygens (including phenoxy) is 4. The number of carbonyl (C=O) groups excluding carboxylic acids is 4. The predicted octanol–water partition coefficient (Wildman–Crippen LogP) is 8.46. The lowest BCUT2D eigenvalue weighted by Crippen LogP contribution is -2.36. The quantitative estimate of drug-likeness (QED) is 0.148. The maximum Gasteiger partial charge on any atom is 0.311 e. The Morgan fingerprint density at radius 2 is 0.851 bits per heavy atom. The van der Waals surface area contributed by atoms with Crippen LogP contribution < -0.4 is 9.47 Å². The SMILES string of the molecule is COC(=O)CCCC(=O)Oc1ccc(C2CCC(C(C)(C)C3CCC(c4ccc(OC(=O)CCCC(=O)OC)cc4)CC3)CC2)cc1. The van der Waals surface area contributed by atoms with E-state index in [9.17, 15) is 19.2 Å². The van der Waals surface area contributed by atoms with E-state index in [0.717, 1.165) is 0 Å². The third kappa shape index (κ3) is 10.7. The normalized spacial score (nSPS) is 21.4. The predicted molar refractivity (Wildman–Crippen MR) is 179 cm³/mol. The van der Waals surface area contributed by atoms with Crippen LogP contribution >= 0.6 is 0 Å². The number of hydrogen-bond acceptors (Lipinski definition) is 8.